The van der Waals surface area contributed by atoms with Crippen molar-refractivity contribution in [2.75, 3.05) is 6.54 Å². The van der Waals surface area contributed by atoms with Gasteiger partial charge in [0.1, 0.15) is 0 Å². The number of piperidine rings is 1. The Bertz CT molecular complexity index is 265. The normalized spacial score (nSPS) is 27.9. The lowest BCUT2D eigenvalue weighted by atomic mass is 9.91. The van der Waals surface area contributed by atoms with Gasteiger partial charge < -0.3 is 10.6 Å². The van der Waals surface area contributed by atoms with E-state index in [-0.39, 0.29) is 12.0 Å². The van der Waals surface area contributed by atoms with Crippen LogP contribution in [-0.4, -0.2) is 29.4 Å². The molecule has 0 aromatic carbocycles. The van der Waals surface area contributed by atoms with E-state index in [1.165, 1.54) is 0 Å². The molecule has 1 aliphatic heterocycles. The van der Waals surface area contributed by atoms with Gasteiger partial charge in [-0.25, -0.2) is 0 Å². The van der Waals surface area contributed by atoms with E-state index >= 15 is 0 Å². The van der Waals surface area contributed by atoms with Gasteiger partial charge in [0.25, 0.3) is 0 Å². The van der Waals surface area contributed by atoms with Crippen molar-refractivity contribution in [2.45, 2.75) is 71.9 Å². The van der Waals surface area contributed by atoms with Crippen LogP contribution in [0.1, 0.15) is 59.8 Å². The van der Waals surface area contributed by atoms with Gasteiger partial charge in [0.2, 0.25) is 5.91 Å². The van der Waals surface area contributed by atoms with Crippen molar-refractivity contribution >= 4 is 5.91 Å². The Morgan fingerprint density at radius 3 is 2.56 bits per heavy atom. The van der Waals surface area contributed by atoms with Crippen LogP contribution in [0.25, 0.3) is 0 Å². The first kappa shape index (κ1) is 15.5. The SMILES string of the molecule is CC(N)CCCC(C)C(=O)N1CCC(C)CC1C. The zero-order valence-electron chi connectivity index (χ0n) is 12.5. The van der Waals surface area contributed by atoms with Crippen LogP contribution in [0.2, 0.25) is 0 Å². The Balaban J connectivity index is 2.38. The highest BCUT2D eigenvalue weighted by molar-refractivity contribution is 5.78. The molecule has 1 fully saturated rings. The molecule has 4 unspecified atom stereocenters. The lowest BCUT2D eigenvalue weighted by Gasteiger charge is -2.38. The highest BCUT2D eigenvalue weighted by atomic mass is 16.2. The summed E-state index contributed by atoms with van der Waals surface area (Å²) in [6, 6.07) is 0.666. The molecule has 0 aliphatic carbocycles. The summed E-state index contributed by atoms with van der Waals surface area (Å²) in [6.45, 7) is 9.50. The van der Waals surface area contributed by atoms with Crippen molar-refractivity contribution in [3.05, 3.63) is 0 Å². The fourth-order valence-electron chi connectivity index (χ4n) is 2.89. The van der Waals surface area contributed by atoms with Crippen molar-refractivity contribution < 1.29 is 4.79 Å². The first-order valence-corrected chi connectivity index (χ1v) is 7.47. The molecular weight excluding hydrogens is 224 g/mol. The van der Waals surface area contributed by atoms with Crippen LogP contribution in [-0.2, 0) is 4.79 Å². The van der Waals surface area contributed by atoms with Gasteiger partial charge >= 0.3 is 0 Å². The van der Waals surface area contributed by atoms with Gasteiger partial charge in [-0.05, 0) is 45.4 Å². The second-order valence-corrected chi connectivity index (χ2v) is 6.32. The van der Waals surface area contributed by atoms with Crippen LogP contribution in [0, 0.1) is 11.8 Å². The summed E-state index contributed by atoms with van der Waals surface area (Å²) in [5.41, 5.74) is 5.74. The zero-order chi connectivity index (χ0) is 13.7. The minimum absolute atomic E-state index is 0.152. The van der Waals surface area contributed by atoms with Crippen LogP contribution in [0.5, 0.6) is 0 Å². The molecule has 4 atom stereocenters. The second kappa shape index (κ2) is 7.13. The molecule has 1 amide bonds. The van der Waals surface area contributed by atoms with E-state index in [2.05, 4.69) is 25.7 Å². The number of hydrogen-bond acceptors (Lipinski definition) is 2. The zero-order valence-corrected chi connectivity index (χ0v) is 12.5. The molecule has 0 saturated carbocycles. The predicted octanol–water partition coefficient (Wildman–Crippen LogP) is 2.79. The summed E-state index contributed by atoms with van der Waals surface area (Å²) in [5.74, 6) is 1.26. The monoisotopic (exact) mass is 254 g/mol. The first-order valence-electron chi connectivity index (χ1n) is 7.47. The van der Waals surface area contributed by atoms with E-state index in [1.54, 1.807) is 0 Å². The average molecular weight is 254 g/mol. The minimum Gasteiger partial charge on any atom is -0.340 e. The molecule has 1 aliphatic rings. The van der Waals surface area contributed by atoms with Crippen LogP contribution in [0.4, 0.5) is 0 Å². The Morgan fingerprint density at radius 1 is 1.33 bits per heavy atom. The molecular formula is C15H30N2O. The summed E-state index contributed by atoms with van der Waals surface area (Å²) < 4.78 is 0. The van der Waals surface area contributed by atoms with E-state index in [0.717, 1.165) is 44.6 Å². The van der Waals surface area contributed by atoms with Gasteiger partial charge in [-0.1, -0.05) is 20.3 Å². The molecule has 0 aromatic heterocycles. The number of nitrogens with zero attached hydrogens (tertiary/aromatic N) is 1. The molecule has 1 heterocycles. The number of carbonyl (C=O) groups excluding carboxylic acids is 1. The van der Waals surface area contributed by atoms with Gasteiger partial charge in [0.15, 0.2) is 0 Å². The largest absolute Gasteiger partial charge is 0.340 e. The van der Waals surface area contributed by atoms with Crippen LogP contribution >= 0.6 is 0 Å². The van der Waals surface area contributed by atoms with Crippen molar-refractivity contribution in [1.29, 1.82) is 0 Å². The third-order valence-corrected chi connectivity index (χ3v) is 4.14. The van der Waals surface area contributed by atoms with E-state index in [0.29, 0.717) is 11.9 Å². The molecule has 3 nitrogen and oxygen atoms in total. The minimum atomic E-state index is 0.152. The Kier molecular flexibility index (Phi) is 6.13. The fourth-order valence-corrected chi connectivity index (χ4v) is 2.89. The van der Waals surface area contributed by atoms with Crippen molar-refractivity contribution in [2.24, 2.45) is 17.6 Å². The number of likely N-dealkylation sites (tertiary alicyclic amines) is 1. The Labute approximate surface area is 112 Å². The van der Waals surface area contributed by atoms with Crippen LogP contribution < -0.4 is 5.73 Å². The number of amides is 1. The lowest BCUT2D eigenvalue weighted by Crippen LogP contribution is -2.46. The number of rotatable bonds is 5. The van der Waals surface area contributed by atoms with Gasteiger partial charge in [-0.3, -0.25) is 4.79 Å². The molecule has 0 radical (unpaired) electrons. The van der Waals surface area contributed by atoms with E-state index in [1.807, 2.05) is 6.92 Å². The standard InChI is InChI=1S/C15H30N2O/c1-11-8-9-17(14(4)10-11)15(18)12(2)6-5-7-13(3)16/h11-14H,5-10,16H2,1-4H3. The summed E-state index contributed by atoms with van der Waals surface area (Å²) >= 11 is 0. The Morgan fingerprint density at radius 2 is 2.00 bits per heavy atom. The fraction of sp³-hybridized carbons (Fsp3) is 0.933. The van der Waals surface area contributed by atoms with Gasteiger partial charge in [0, 0.05) is 24.5 Å². The third-order valence-electron chi connectivity index (χ3n) is 4.14. The van der Waals surface area contributed by atoms with Crippen LogP contribution in [0.15, 0.2) is 0 Å². The smallest absolute Gasteiger partial charge is 0.225 e. The summed E-state index contributed by atoms with van der Waals surface area (Å²) in [4.78, 5) is 14.5. The molecule has 1 saturated heterocycles. The molecule has 0 bridgehead atoms. The average Bonchev–Trinajstić information content (AvgIpc) is 2.27. The highest BCUT2D eigenvalue weighted by Gasteiger charge is 2.29. The van der Waals surface area contributed by atoms with Crippen molar-refractivity contribution in [3.63, 3.8) is 0 Å². The number of hydrogen-bond donors (Lipinski definition) is 1. The molecule has 106 valence electrons. The summed E-state index contributed by atoms with van der Waals surface area (Å²) in [7, 11) is 0. The van der Waals surface area contributed by atoms with Crippen molar-refractivity contribution in [1.82, 2.24) is 4.90 Å². The quantitative estimate of drug-likeness (QED) is 0.820. The van der Waals surface area contributed by atoms with Crippen LogP contribution in [0.3, 0.4) is 0 Å². The number of nitrogens with two attached hydrogens (primary N) is 1. The second-order valence-electron chi connectivity index (χ2n) is 6.32. The number of carbonyl (C=O) groups is 1. The summed E-state index contributed by atoms with van der Waals surface area (Å²) in [5, 5.41) is 0. The maximum Gasteiger partial charge on any atom is 0.225 e. The van der Waals surface area contributed by atoms with Crippen molar-refractivity contribution in [3.8, 4) is 0 Å². The molecule has 2 N–H and O–H groups in total. The maximum atomic E-state index is 12.4. The topological polar surface area (TPSA) is 46.3 Å². The van der Waals surface area contributed by atoms with Gasteiger partial charge in [0.05, 0.1) is 0 Å². The molecule has 1 rings (SSSR count). The molecule has 0 spiro atoms. The lowest BCUT2D eigenvalue weighted by molar-refractivity contribution is -0.139. The van der Waals surface area contributed by atoms with Gasteiger partial charge in [-0.15, -0.1) is 0 Å². The third kappa shape index (κ3) is 4.60. The molecule has 3 heteroatoms. The molecule has 0 aromatic rings. The predicted molar refractivity (Wildman–Crippen MR) is 76.2 cm³/mol. The van der Waals surface area contributed by atoms with Gasteiger partial charge in [-0.2, -0.15) is 0 Å². The molecule has 18 heavy (non-hydrogen) atoms. The van der Waals surface area contributed by atoms with E-state index in [4.69, 9.17) is 5.73 Å². The Hall–Kier alpha value is -0.570. The van der Waals surface area contributed by atoms with E-state index in [9.17, 15) is 4.79 Å². The van der Waals surface area contributed by atoms with E-state index < -0.39 is 0 Å². The maximum absolute atomic E-state index is 12.4. The summed E-state index contributed by atoms with van der Waals surface area (Å²) in [6.07, 6.45) is 5.35. The highest BCUT2D eigenvalue weighted by Crippen LogP contribution is 2.24. The first-order chi connectivity index (χ1) is 8.41.